The fourth-order valence-corrected chi connectivity index (χ4v) is 6.06. The number of nitrogens with one attached hydrogen (secondary N) is 2. The molecule has 0 radical (unpaired) electrons. The van der Waals surface area contributed by atoms with Crippen LogP contribution in [-0.4, -0.2) is 53.3 Å². The largest absolute Gasteiger partial charge is 0.392 e. The molecule has 0 bridgehead atoms. The fourth-order valence-electron chi connectivity index (χ4n) is 4.93. The number of non-ortho nitro benzene ring substituents is 1. The Morgan fingerprint density at radius 3 is 2.05 bits per heavy atom. The van der Waals surface area contributed by atoms with Gasteiger partial charge in [0.1, 0.15) is 0 Å². The highest BCUT2D eigenvalue weighted by molar-refractivity contribution is 7.92. The lowest BCUT2D eigenvalue weighted by Gasteiger charge is -2.17. The third kappa shape index (κ3) is 13.3. The van der Waals surface area contributed by atoms with E-state index in [9.17, 15) is 38.6 Å². The van der Waals surface area contributed by atoms with E-state index < -0.39 is 39.7 Å². The molecular weight excluding hydrogens is 586 g/mol. The molecule has 2 rings (SSSR count). The van der Waals surface area contributed by atoms with Crippen molar-refractivity contribution in [3.8, 4) is 0 Å². The summed E-state index contributed by atoms with van der Waals surface area (Å²) in [6.07, 6.45) is 12.4. The van der Waals surface area contributed by atoms with Crippen LogP contribution in [0.5, 0.6) is 0 Å². The summed E-state index contributed by atoms with van der Waals surface area (Å²) in [4.78, 5) is 22.7. The molecule has 0 heterocycles. The SMILES string of the molecule is CCCCCCCCC(O)C(O)CCCCCCCCNC(=O)c1ccc(CO)c(NS(=O)(=O)c2cccc([N+](=O)[O-])c2)c1. The summed E-state index contributed by atoms with van der Waals surface area (Å²) in [7, 11) is -4.22. The van der Waals surface area contributed by atoms with Gasteiger partial charge in [-0.3, -0.25) is 19.6 Å². The minimum absolute atomic E-state index is 0.00621. The second-order valence-corrected chi connectivity index (χ2v) is 12.9. The van der Waals surface area contributed by atoms with E-state index in [1.54, 1.807) is 0 Å². The van der Waals surface area contributed by atoms with Gasteiger partial charge in [-0.15, -0.1) is 0 Å². The Balaban J connectivity index is 1.70. The van der Waals surface area contributed by atoms with Crippen LogP contribution in [0.2, 0.25) is 0 Å². The fraction of sp³-hybridized carbons (Fsp3) is 0.594. The molecule has 0 fully saturated rings. The number of nitro groups is 1. The molecule has 44 heavy (non-hydrogen) atoms. The number of hydrogen-bond acceptors (Lipinski definition) is 8. The molecule has 2 aromatic carbocycles. The number of carbonyl (C=O) groups is 1. The zero-order valence-electron chi connectivity index (χ0n) is 25.7. The van der Waals surface area contributed by atoms with Gasteiger partial charge < -0.3 is 20.6 Å². The van der Waals surface area contributed by atoms with Gasteiger partial charge in [0.25, 0.3) is 21.6 Å². The Hall–Kier alpha value is -3.06. The van der Waals surface area contributed by atoms with E-state index >= 15 is 0 Å². The van der Waals surface area contributed by atoms with Gasteiger partial charge in [0.2, 0.25) is 0 Å². The summed E-state index contributed by atoms with van der Waals surface area (Å²) in [5.74, 6) is -0.390. The molecule has 246 valence electrons. The number of amides is 1. The molecule has 11 nitrogen and oxygen atoms in total. The number of rotatable bonds is 23. The second kappa shape index (κ2) is 20.1. The van der Waals surface area contributed by atoms with Crippen LogP contribution >= 0.6 is 0 Å². The summed E-state index contributed by atoms with van der Waals surface area (Å²) in [6.45, 7) is 2.15. The number of hydrogen-bond donors (Lipinski definition) is 5. The second-order valence-electron chi connectivity index (χ2n) is 11.2. The Kier molecular flexibility index (Phi) is 16.9. The van der Waals surface area contributed by atoms with Gasteiger partial charge in [0, 0.05) is 29.8 Å². The molecule has 0 saturated carbocycles. The number of sulfonamides is 1. The van der Waals surface area contributed by atoms with Crippen LogP contribution in [0.15, 0.2) is 47.4 Å². The van der Waals surface area contributed by atoms with Gasteiger partial charge in [0.15, 0.2) is 0 Å². The summed E-state index contributed by atoms with van der Waals surface area (Å²) >= 11 is 0. The summed E-state index contributed by atoms with van der Waals surface area (Å²) in [5, 5.41) is 43.9. The predicted octanol–water partition coefficient (Wildman–Crippen LogP) is 5.82. The number of nitrogens with zero attached hydrogens (tertiary/aromatic N) is 1. The average molecular weight is 636 g/mol. The highest BCUT2D eigenvalue weighted by Gasteiger charge is 2.20. The summed E-state index contributed by atoms with van der Waals surface area (Å²) in [5.41, 5.74) is 0.0781. The van der Waals surface area contributed by atoms with Gasteiger partial charge in [0.05, 0.1) is 34.3 Å². The van der Waals surface area contributed by atoms with Crippen LogP contribution < -0.4 is 10.0 Å². The van der Waals surface area contributed by atoms with Crippen molar-refractivity contribution in [2.75, 3.05) is 11.3 Å². The maximum atomic E-state index is 12.9. The number of aliphatic hydroxyl groups excluding tert-OH is 3. The van der Waals surface area contributed by atoms with Gasteiger partial charge in [-0.25, -0.2) is 8.42 Å². The van der Waals surface area contributed by atoms with E-state index in [4.69, 9.17) is 0 Å². The highest BCUT2D eigenvalue weighted by atomic mass is 32.2. The predicted molar refractivity (Wildman–Crippen MR) is 171 cm³/mol. The van der Waals surface area contributed by atoms with E-state index in [2.05, 4.69) is 17.0 Å². The Morgan fingerprint density at radius 1 is 0.864 bits per heavy atom. The molecule has 1 amide bonds. The quantitative estimate of drug-likeness (QED) is 0.0576. The topological polar surface area (TPSA) is 179 Å². The molecule has 0 spiro atoms. The Bertz CT molecular complexity index is 1270. The van der Waals surface area contributed by atoms with E-state index in [0.29, 0.717) is 19.4 Å². The van der Waals surface area contributed by atoms with Crippen molar-refractivity contribution in [1.29, 1.82) is 0 Å². The first-order chi connectivity index (χ1) is 21.1. The number of aliphatic hydroxyl groups is 3. The molecule has 12 heteroatoms. The number of unbranched alkanes of at least 4 members (excludes halogenated alkanes) is 10. The molecule has 2 atom stereocenters. The summed E-state index contributed by atoms with van der Waals surface area (Å²) < 4.78 is 28.1. The third-order valence-corrected chi connectivity index (χ3v) is 9.00. The van der Waals surface area contributed by atoms with E-state index in [1.165, 1.54) is 62.1 Å². The van der Waals surface area contributed by atoms with Crippen LogP contribution in [0.25, 0.3) is 0 Å². The van der Waals surface area contributed by atoms with Crippen LogP contribution in [0, 0.1) is 10.1 Å². The van der Waals surface area contributed by atoms with Crippen molar-refractivity contribution < 1.29 is 33.5 Å². The van der Waals surface area contributed by atoms with Crippen molar-refractivity contribution in [1.82, 2.24) is 5.32 Å². The van der Waals surface area contributed by atoms with Crippen molar-refractivity contribution in [2.45, 2.75) is 121 Å². The van der Waals surface area contributed by atoms with Crippen molar-refractivity contribution in [2.24, 2.45) is 0 Å². The van der Waals surface area contributed by atoms with Crippen LogP contribution in [0.3, 0.4) is 0 Å². The molecule has 0 saturated heterocycles. The first kappa shape index (κ1) is 37.1. The van der Waals surface area contributed by atoms with E-state index in [-0.39, 0.29) is 27.4 Å². The third-order valence-electron chi connectivity index (χ3n) is 7.64. The normalized spacial score (nSPS) is 12.9. The first-order valence-electron chi connectivity index (χ1n) is 15.7. The molecule has 0 aromatic heterocycles. The zero-order valence-corrected chi connectivity index (χ0v) is 26.6. The minimum Gasteiger partial charge on any atom is -0.392 e. The van der Waals surface area contributed by atoms with Gasteiger partial charge in [-0.1, -0.05) is 89.7 Å². The molecule has 5 N–H and O–H groups in total. The van der Waals surface area contributed by atoms with Crippen LogP contribution in [-0.2, 0) is 16.6 Å². The molecule has 0 aliphatic carbocycles. The van der Waals surface area contributed by atoms with Crippen LogP contribution in [0.4, 0.5) is 11.4 Å². The molecule has 0 aliphatic rings. The lowest BCUT2D eigenvalue weighted by atomic mass is 9.99. The van der Waals surface area contributed by atoms with Crippen LogP contribution in [0.1, 0.15) is 113 Å². The number of nitro benzene ring substituents is 1. The van der Waals surface area contributed by atoms with E-state index in [0.717, 1.165) is 57.4 Å². The number of benzene rings is 2. The molecule has 2 unspecified atom stereocenters. The molecule has 0 aliphatic heterocycles. The summed E-state index contributed by atoms with van der Waals surface area (Å²) in [6, 6.07) is 8.86. The van der Waals surface area contributed by atoms with Crippen molar-refractivity contribution >= 4 is 27.3 Å². The minimum atomic E-state index is -4.22. The zero-order chi connectivity index (χ0) is 32.4. The smallest absolute Gasteiger partial charge is 0.270 e. The van der Waals surface area contributed by atoms with Gasteiger partial charge in [-0.2, -0.15) is 0 Å². The van der Waals surface area contributed by atoms with Gasteiger partial charge >= 0.3 is 0 Å². The van der Waals surface area contributed by atoms with Crippen molar-refractivity contribution in [3.63, 3.8) is 0 Å². The number of anilines is 1. The highest BCUT2D eigenvalue weighted by Crippen LogP contribution is 2.24. The maximum Gasteiger partial charge on any atom is 0.270 e. The maximum absolute atomic E-state index is 12.9. The first-order valence-corrected chi connectivity index (χ1v) is 17.2. The monoisotopic (exact) mass is 635 g/mol. The Labute approximate surface area is 261 Å². The lowest BCUT2D eigenvalue weighted by molar-refractivity contribution is -0.385. The molecular formula is C32H49N3O8S. The number of carbonyl (C=O) groups excluding carboxylic acids is 1. The van der Waals surface area contributed by atoms with E-state index in [1.807, 2.05) is 0 Å². The Morgan fingerprint density at radius 2 is 1.45 bits per heavy atom. The average Bonchev–Trinajstić information content (AvgIpc) is 3.01. The lowest BCUT2D eigenvalue weighted by Crippen LogP contribution is -2.25. The standard InChI is InChI=1S/C32H49N3O8S/c1-2-3-4-5-8-11-17-30(37)31(38)18-12-9-6-7-10-13-21-33-32(39)25-19-20-26(24-36)29(22-25)34-44(42,43)28-16-14-15-27(23-28)35(40)41/h14-16,19-20,22-23,30-31,34,36-38H,2-13,17-18,21,24H2,1H3,(H,33,39). The van der Waals surface area contributed by atoms with Crippen molar-refractivity contribution in [3.05, 3.63) is 63.7 Å². The molecule has 2 aromatic rings. The van der Waals surface area contributed by atoms with Gasteiger partial charge in [-0.05, 0) is 37.5 Å².